The maximum atomic E-state index is 13.1. The van der Waals surface area contributed by atoms with Gasteiger partial charge in [-0.05, 0) is 5.56 Å². The first kappa shape index (κ1) is 27.9. The van der Waals surface area contributed by atoms with Gasteiger partial charge in [-0.25, -0.2) is 9.78 Å². The van der Waals surface area contributed by atoms with Crippen molar-refractivity contribution in [3.05, 3.63) is 54.1 Å². The van der Waals surface area contributed by atoms with E-state index in [9.17, 15) is 29.1 Å². The smallest absolute Gasteiger partial charge is 0.326 e. The van der Waals surface area contributed by atoms with E-state index in [2.05, 4.69) is 25.9 Å². The van der Waals surface area contributed by atoms with Crippen LogP contribution in [0.5, 0.6) is 0 Å². The largest absolute Gasteiger partial charge is 0.481 e. The highest BCUT2D eigenvalue weighted by molar-refractivity contribution is 5.95. The summed E-state index contributed by atoms with van der Waals surface area (Å²) in [6.45, 7) is -0.737. The third-order valence-electron chi connectivity index (χ3n) is 5.05. The number of amides is 3. The molecule has 36 heavy (non-hydrogen) atoms. The predicted molar refractivity (Wildman–Crippen MR) is 123 cm³/mol. The normalized spacial score (nSPS) is 14.1. The van der Waals surface area contributed by atoms with Crippen LogP contribution in [0.4, 0.5) is 0 Å². The Kier molecular flexibility index (Phi) is 10.5. The van der Waals surface area contributed by atoms with Gasteiger partial charge in [0.2, 0.25) is 17.7 Å². The number of carbonyl (C=O) groups is 5. The van der Waals surface area contributed by atoms with Crippen molar-refractivity contribution in [3.63, 3.8) is 0 Å². The molecule has 3 amide bonds. The van der Waals surface area contributed by atoms with Gasteiger partial charge in [0.1, 0.15) is 24.2 Å². The molecule has 0 saturated heterocycles. The number of aliphatic hydroxyl groups excluding tert-OH is 1. The number of nitrogens with one attached hydrogen (secondary N) is 4. The molecule has 0 spiro atoms. The third kappa shape index (κ3) is 8.81. The molecule has 1 heterocycles. The fourth-order valence-electron chi connectivity index (χ4n) is 3.17. The van der Waals surface area contributed by atoms with Gasteiger partial charge in [-0.3, -0.25) is 19.2 Å². The van der Waals surface area contributed by atoms with Crippen LogP contribution in [0.2, 0.25) is 0 Å². The molecule has 4 unspecified atom stereocenters. The van der Waals surface area contributed by atoms with E-state index in [0.29, 0.717) is 11.3 Å². The highest BCUT2D eigenvalue weighted by Gasteiger charge is 2.31. The van der Waals surface area contributed by atoms with E-state index in [1.54, 1.807) is 30.3 Å². The Balaban J connectivity index is 2.23. The fraction of sp³-hybridized carbons (Fsp3) is 0.364. The molecule has 1 aromatic carbocycles. The topological polar surface area (TPSA) is 237 Å². The second-order valence-corrected chi connectivity index (χ2v) is 7.88. The number of benzene rings is 1. The van der Waals surface area contributed by atoms with Crippen molar-refractivity contribution in [2.75, 3.05) is 6.61 Å². The van der Waals surface area contributed by atoms with Gasteiger partial charge < -0.3 is 42.0 Å². The number of carboxylic acid groups (broad SMARTS) is 2. The van der Waals surface area contributed by atoms with Crippen molar-refractivity contribution in [2.24, 2.45) is 5.73 Å². The van der Waals surface area contributed by atoms with Gasteiger partial charge in [-0.2, -0.15) is 0 Å². The Bertz CT molecular complexity index is 1050. The first-order valence-electron chi connectivity index (χ1n) is 10.8. The Hall–Kier alpha value is -4.30. The molecular formula is C22H28N6O8. The minimum Gasteiger partial charge on any atom is -0.481 e. The Morgan fingerprint density at radius 1 is 0.889 bits per heavy atom. The number of aromatic amines is 1. The highest BCUT2D eigenvalue weighted by atomic mass is 16.4. The molecule has 9 N–H and O–H groups in total. The number of rotatable bonds is 14. The zero-order valence-electron chi connectivity index (χ0n) is 19.1. The average Bonchev–Trinajstić information content (AvgIpc) is 3.35. The summed E-state index contributed by atoms with van der Waals surface area (Å²) >= 11 is 0. The zero-order valence-corrected chi connectivity index (χ0v) is 19.1. The molecular weight excluding hydrogens is 476 g/mol. The van der Waals surface area contributed by atoms with E-state index in [0.717, 1.165) is 0 Å². The van der Waals surface area contributed by atoms with E-state index in [-0.39, 0.29) is 12.8 Å². The molecule has 4 atom stereocenters. The molecule has 0 bridgehead atoms. The number of carbonyl (C=O) groups excluding carboxylic acids is 3. The van der Waals surface area contributed by atoms with Crippen LogP contribution >= 0.6 is 0 Å². The van der Waals surface area contributed by atoms with Crippen molar-refractivity contribution in [3.8, 4) is 0 Å². The Labute approximate surface area is 205 Å². The Morgan fingerprint density at radius 3 is 2.06 bits per heavy atom. The number of H-pyrrole nitrogens is 1. The first-order chi connectivity index (χ1) is 17.1. The number of carboxylic acids is 2. The molecule has 14 nitrogen and oxygen atoms in total. The average molecular weight is 505 g/mol. The second-order valence-electron chi connectivity index (χ2n) is 7.88. The summed E-state index contributed by atoms with van der Waals surface area (Å²) in [4.78, 5) is 67.5. The van der Waals surface area contributed by atoms with E-state index in [1.807, 2.05) is 0 Å². The summed E-state index contributed by atoms with van der Waals surface area (Å²) in [5.41, 5.74) is 6.50. The molecule has 14 heteroatoms. The van der Waals surface area contributed by atoms with Crippen LogP contribution in [-0.4, -0.2) is 85.7 Å². The number of nitrogens with zero attached hydrogens (tertiary/aromatic N) is 1. The molecule has 0 fully saturated rings. The number of aliphatic hydroxyl groups is 1. The van der Waals surface area contributed by atoms with Crippen LogP contribution in [0.15, 0.2) is 42.9 Å². The SMILES string of the molecule is NC(CO)C(=O)NC(CC(=O)O)C(=O)NC(Cc1ccccc1)C(=O)NC(Cc1cnc[nH]1)C(=O)O. The van der Waals surface area contributed by atoms with Crippen LogP contribution < -0.4 is 21.7 Å². The van der Waals surface area contributed by atoms with Crippen LogP contribution in [0.3, 0.4) is 0 Å². The van der Waals surface area contributed by atoms with E-state index >= 15 is 0 Å². The number of imidazole rings is 1. The van der Waals surface area contributed by atoms with Gasteiger partial charge in [0, 0.05) is 24.7 Å². The van der Waals surface area contributed by atoms with Gasteiger partial charge >= 0.3 is 11.9 Å². The monoisotopic (exact) mass is 504 g/mol. The Morgan fingerprint density at radius 2 is 1.50 bits per heavy atom. The van der Waals surface area contributed by atoms with Crippen molar-refractivity contribution < 1.29 is 39.3 Å². The van der Waals surface area contributed by atoms with Crippen LogP contribution in [0.25, 0.3) is 0 Å². The molecule has 194 valence electrons. The van der Waals surface area contributed by atoms with Gasteiger partial charge in [-0.1, -0.05) is 30.3 Å². The van der Waals surface area contributed by atoms with Crippen molar-refractivity contribution in [2.45, 2.75) is 43.4 Å². The molecule has 0 aliphatic heterocycles. The lowest BCUT2D eigenvalue weighted by Crippen LogP contribution is -2.58. The molecule has 0 aliphatic carbocycles. The fourth-order valence-corrected chi connectivity index (χ4v) is 3.17. The van der Waals surface area contributed by atoms with E-state index in [1.165, 1.54) is 12.5 Å². The summed E-state index contributed by atoms with van der Waals surface area (Å²) in [7, 11) is 0. The van der Waals surface area contributed by atoms with Crippen molar-refractivity contribution >= 4 is 29.7 Å². The van der Waals surface area contributed by atoms with Crippen LogP contribution in [-0.2, 0) is 36.8 Å². The number of hydrogen-bond donors (Lipinski definition) is 8. The number of hydrogen-bond acceptors (Lipinski definition) is 8. The predicted octanol–water partition coefficient (Wildman–Crippen LogP) is -2.47. The number of nitrogens with two attached hydrogens (primary N) is 1. The minimum atomic E-state index is -1.61. The molecule has 0 aliphatic rings. The van der Waals surface area contributed by atoms with E-state index in [4.69, 9.17) is 15.9 Å². The molecule has 1 aromatic heterocycles. The summed E-state index contributed by atoms with van der Waals surface area (Å²) < 4.78 is 0. The van der Waals surface area contributed by atoms with E-state index < -0.39 is 66.9 Å². The molecule has 0 radical (unpaired) electrons. The lowest BCUT2D eigenvalue weighted by atomic mass is 10.0. The number of aromatic nitrogens is 2. The van der Waals surface area contributed by atoms with Crippen molar-refractivity contribution in [1.82, 2.24) is 25.9 Å². The summed E-state index contributed by atoms with van der Waals surface area (Å²) in [6.07, 6.45) is 1.77. The van der Waals surface area contributed by atoms with Crippen LogP contribution in [0, 0.1) is 0 Å². The second kappa shape index (κ2) is 13.6. The quantitative estimate of drug-likeness (QED) is 0.135. The lowest BCUT2D eigenvalue weighted by molar-refractivity contribution is -0.143. The standard InChI is InChI=1S/C22H28N6O8/c23-14(10-29)19(32)26-16(8-18(30)31)21(34)27-15(6-12-4-2-1-3-5-12)20(33)28-17(22(35)36)7-13-9-24-11-25-13/h1-5,9,11,14-17,29H,6-8,10,23H2,(H,24,25)(H,26,32)(H,27,34)(H,28,33)(H,30,31)(H,35,36). The summed E-state index contributed by atoms with van der Waals surface area (Å²) in [5.74, 6) is -5.55. The van der Waals surface area contributed by atoms with Crippen LogP contribution in [0.1, 0.15) is 17.7 Å². The highest BCUT2D eigenvalue weighted by Crippen LogP contribution is 2.07. The molecule has 0 saturated carbocycles. The summed E-state index contributed by atoms with van der Waals surface area (Å²) in [5, 5.41) is 34.6. The first-order valence-corrected chi connectivity index (χ1v) is 10.8. The number of aliphatic carboxylic acids is 2. The van der Waals surface area contributed by atoms with Gasteiger partial charge in [0.15, 0.2) is 0 Å². The van der Waals surface area contributed by atoms with Gasteiger partial charge in [0.25, 0.3) is 0 Å². The van der Waals surface area contributed by atoms with Crippen molar-refractivity contribution in [1.29, 1.82) is 0 Å². The van der Waals surface area contributed by atoms with Gasteiger partial charge in [0.05, 0.1) is 19.4 Å². The minimum absolute atomic E-state index is 0.0568. The van der Waals surface area contributed by atoms with Gasteiger partial charge in [-0.15, -0.1) is 0 Å². The maximum Gasteiger partial charge on any atom is 0.326 e. The third-order valence-corrected chi connectivity index (χ3v) is 5.05. The summed E-state index contributed by atoms with van der Waals surface area (Å²) in [6, 6.07) is 2.83. The molecule has 2 rings (SSSR count). The zero-order chi connectivity index (χ0) is 26.7. The lowest BCUT2D eigenvalue weighted by Gasteiger charge is -2.24. The molecule has 2 aromatic rings. The maximum absolute atomic E-state index is 13.1.